The minimum Gasteiger partial charge on any atom is -0.490 e. The van der Waals surface area contributed by atoms with Gasteiger partial charge in [0.25, 0.3) is 0 Å². The number of nitrogens with zero attached hydrogens (tertiary/aromatic N) is 2. The van der Waals surface area contributed by atoms with Gasteiger partial charge in [-0.1, -0.05) is 18.2 Å². The van der Waals surface area contributed by atoms with Gasteiger partial charge in [0.1, 0.15) is 11.9 Å². The number of carbonyl (C=O) groups excluding carboxylic acids is 1. The second-order valence-electron chi connectivity index (χ2n) is 6.51. The molecule has 2 aliphatic rings. The number of para-hydroxylation sites is 1. The van der Waals surface area contributed by atoms with Crippen molar-refractivity contribution in [3.63, 3.8) is 0 Å². The van der Waals surface area contributed by atoms with Crippen molar-refractivity contribution in [3.05, 3.63) is 30.3 Å². The Morgan fingerprint density at radius 3 is 2.71 bits per heavy atom. The lowest BCUT2D eigenvalue weighted by Gasteiger charge is -2.23. The Labute approximate surface area is 126 Å². The summed E-state index contributed by atoms with van der Waals surface area (Å²) in [4.78, 5) is 16.2. The van der Waals surface area contributed by atoms with Crippen LogP contribution in [0.25, 0.3) is 0 Å². The molecule has 1 aliphatic heterocycles. The van der Waals surface area contributed by atoms with Crippen molar-refractivity contribution in [1.29, 1.82) is 0 Å². The summed E-state index contributed by atoms with van der Waals surface area (Å²) in [7, 11) is 3.88. The van der Waals surface area contributed by atoms with Crippen molar-refractivity contribution < 1.29 is 9.53 Å². The molecule has 2 fully saturated rings. The summed E-state index contributed by atoms with van der Waals surface area (Å²) in [5, 5.41) is 0. The van der Waals surface area contributed by atoms with E-state index in [1.54, 1.807) is 0 Å². The first-order valence-electron chi connectivity index (χ1n) is 7.77. The average Bonchev–Trinajstić information content (AvgIpc) is 3.01. The zero-order chi connectivity index (χ0) is 14.8. The zero-order valence-corrected chi connectivity index (χ0v) is 12.9. The monoisotopic (exact) mass is 288 g/mol. The molecular formula is C17H24N2O2. The van der Waals surface area contributed by atoms with Crippen molar-refractivity contribution in [1.82, 2.24) is 9.80 Å². The molecule has 0 spiro atoms. The number of amides is 1. The molecular weight excluding hydrogens is 264 g/mol. The highest BCUT2D eigenvalue weighted by Crippen LogP contribution is 2.40. The molecule has 1 aliphatic carbocycles. The Bertz CT molecular complexity index is 489. The second kappa shape index (κ2) is 6.06. The Morgan fingerprint density at radius 2 is 2.00 bits per heavy atom. The predicted molar refractivity (Wildman–Crippen MR) is 82.2 cm³/mol. The molecule has 0 unspecified atom stereocenters. The Kier molecular flexibility index (Phi) is 4.15. The van der Waals surface area contributed by atoms with Crippen LogP contribution in [0, 0.1) is 11.8 Å². The molecule has 1 amide bonds. The van der Waals surface area contributed by atoms with E-state index in [1.807, 2.05) is 54.2 Å². The number of likely N-dealkylation sites (tertiary alicyclic amines) is 1. The standard InChI is InChI=1S/C17H24N2O2/c1-18(2)12-17(20)19-10-13-8-9-16(15(13)11-19)21-14-6-4-3-5-7-14/h3-7,13,15-16H,8-12H2,1-2H3/t13-,15+,16-/m0/s1. The van der Waals surface area contributed by atoms with Crippen molar-refractivity contribution in [3.8, 4) is 5.75 Å². The lowest BCUT2D eigenvalue weighted by atomic mass is 9.99. The lowest BCUT2D eigenvalue weighted by Crippen LogP contribution is -2.37. The van der Waals surface area contributed by atoms with Gasteiger partial charge in [-0.2, -0.15) is 0 Å². The molecule has 114 valence electrons. The Morgan fingerprint density at radius 1 is 1.24 bits per heavy atom. The van der Waals surface area contributed by atoms with E-state index in [4.69, 9.17) is 4.74 Å². The quantitative estimate of drug-likeness (QED) is 0.848. The van der Waals surface area contributed by atoms with Crippen LogP contribution in [-0.2, 0) is 4.79 Å². The normalized spacial score (nSPS) is 28.0. The fourth-order valence-electron chi connectivity index (χ4n) is 3.61. The molecule has 0 aromatic heterocycles. The van der Waals surface area contributed by atoms with Crippen molar-refractivity contribution >= 4 is 5.91 Å². The molecule has 21 heavy (non-hydrogen) atoms. The average molecular weight is 288 g/mol. The van der Waals surface area contributed by atoms with Gasteiger partial charge in [-0.15, -0.1) is 0 Å². The van der Waals surface area contributed by atoms with Crippen molar-refractivity contribution in [2.45, 2.75) is 18.9 Å². The van der Waals surface area contributed by atoms with Crippen LogP contribution in [0.4, 0.5) is 0 Å². The van der Waals surface area contributed by atoms with Crippen LogP contribution in [0.5, 0.6) is 5.75 Å². The van der Waals surface area contributed by atoms with E-state index in [9.17, 15) is 4.79 Å². The third kappa shape index (κ3) is 3.21. The number of ether oxygens (including phenoxy) is 1. The summed E-state index contributed by atoms with van der Waals surface area (Å²) in [5.74, 6) is 2.30. The van der Waals surface area contributed by atoms with E-state index in [0.29, 0.717) is 18.4 Å². The van der Waals surface area contributed by atoms with E-state index in [0.717, 1.165) is 25.3 Å². The molecule has 4 nitrogen and oxygen atoms in total. The second-order valence-corrected chi connectivity index (χ2v) is 6.51. The van der Waals surface area contributed by atoms with Crippen LogP contribution in [0.15, 0.2) is 30.3 Å². The maximum absolute atomic E-state index is 12.2. The molecule has 1 aromatic carbocycles. The van der Waals surface area contributed by atoms with Gasteiger partial charge in [-0.05, 0) is 45.0 Å². The van der Waals surface area contributed by atoms with E-state index in [2.05, 4.69) is 0 Å². The predicted octanol–water partition coefficient (Wildman–Crippen LogP) is 1.86. The number of fused-ring (bicyclic) bond motifs is 1. The van der Waals surface area contributed by atoms with E-state index in [1.165, 1.54) is 6.42 Å². The number of hydrogen-bond donors (Lipinski definition) is 0. The lowest BCUT2D eigenvalue weighted by molar-refractivity contribution is -0.131. The van der Waals surface area contributed by atoms with Crippen LogP contribution < -0.4 is 4.74 Å². The van der Waals surface area contributed by atoms with E-state index >= 15 is 0 Å². The summed E-state index contributed by atoms with van der Waals surface area (Å²) in [6.07, 6.45) is 2.54. The maximum atomic E-state index is 12.2. The topological polar surface area (TPSA) is 32.8 Å². The highest BCUT2D eigenvalue weighted by molar-refractivity contribution is 5.78. The Hall–Kier alpha value is -1.55. The summed E-state index contributed by atoms with van der Waals surface area (Å²) in [6.45, 7) is 2.27. The van der Waals surface area contributed by atoms with Gasteiger partial charge in [0.2, 0.25) is 5.91 Å². The molecule has 1 saturated carbocycles. The van der Waals surface area contributed by atoms with Gasteiger partial charge in [0.05, 0.1) is 6.54 Å². The highest BCUT2D eigenvalue weighted by atomic mass is 16.5. The van der Waals surface area contributed by atoms with Gasteiger partial charge in [0.15, 0.2) is 0 Å². The molecule has 1 aromatic rings. The molecule has 0 N–H and O–H groups in total. The van der Waals surface area contributed by atoms with Crippen LogP contribution in [0.1, 0.15) is 12.8 Å². The maximum Gasteiger partial charge on any atom is 0.236 e. The summed E-state index contributed by atoms with van der Waals surface area (Å²) in [6, 6.07) is 10.0. The number of likely N-dealkylation sites (N-methyl/N-ethyl adjacent to an activating group) is 1. The van der Waals surface area contributed by atoms with Crippen molar-refractivity contribution in [2.24, 2.45) is 11.8 Å². The molecule has 4 heteroatoms. The van der Waals surface area contributed by atoms with Crippen molar-refractivity contribution in [2.75, 3.05) is 33.7 Å². The summed E-state index contributed by atoms with van der Waals surface area (Å²) < 4.78 is 6.15. The third-order valence-electron chi connectivity index (χ3n) is 4.63. The fourth-order valence-corrected chi connectivity index (χ4v) is 3.61. The number of hydrogen-bond acceptors (Lipinski definition) is 3. The van der Waals surface area contributed by atoms with Gasteiger partial charge >= 0.3 is 0 Å². The SMILES string of the molecule is CN(C)CC(=O)N1C[C@@H]2CC[C@H](Oc3ccccc3)[C@@H]2C1. The summed E-state index contributed by atoms with van der Waals surface area (Å²) >= 11 is 0. The van der Waals surface area contributed by atoms with E-state index < -0.39 is 0 Å². The van der Waals surface area contributed by atoms with Gasteiger partial charge < -0.3 is 14.5 Å². The number of benzene rings is 1. The number of carbonyl (C=O) groups is 1. The fraction of sp³-hybridized carbons (Fsp3) is 0.588. The first-order valence-corrected chi connectivity index (χ1v) is 7.77. The van der Waals surface area contributed by atoms with E-state index in [-0.39, 0.29) is 12.0 Å². The van der Waals surface area contributed by atoms with Gasteiger partial charge in [-0.3, -0.25) is 4.79 Å². The Balaban J connectivity index is 1.60. The van der Waals surface area contributed by atoms with Crippen LogP contribution in [0.2, 0.25) is 0 Å². The van der Waals surface area contributed by atoms with Gasteiger partial charge in [0, 0.05) is 19.0 Å². The highest BCUT2D eigenvalue weighted by Gasteiger charge is 2.45. The largest absolute Gasteiger partial charge is 0.490 e. The third-order valence-corrected chi connectivity index (χ3v) is 4.63. The van der Waals surface area contributed by atoms with Crippen LogP contribution >= 0.6 is 0 Å². The number of rotatable bonds is 4. The molecule has 0 bridgehead atoms. The van der Waals surface area contributed by atoms with Crippen LogP contribution in [-0.4, -0.2) is 55.5 Å². The minimum atomic E-state index is 0.243. The van der Waals surface area contributed by atoms with Gasteiger partial charge in [-0.25, -0.2) is 0 Å². The molecule has 1 heterocycles. The van der Waals surface area contributed by atoms with Crippen LogP contribution in [0.3, 0.4) is 0 Å². The molecule has 0 radical (unpaired) electrons. The smallest absolute Gasteiger partial charge is 0.236 e. The zero-order valence-electron chi connectivity index (χ0n) is 12.9. The first-order chi connectivity index (χ1) is 10.1. The first kappa shape index (κ1) is 14.4. The minimum absolute atomic E-state index is 0.243. The molecule has 3 atom stereocenters. The molecule has 3 rings (SSSR count). The molecule has 1 saturated heterocycles. The summed E-state index contributed by atoms with van der Waals surface area (Å²) in [5.41, 5.74) is 0.